The van der Waals surface area contributed by atoms with Crippen LogP contribution in [0.4, 0.5) is 5.69 Å². The molecule has 0 bridgehead atoms. The van der Waals surface area contributed by atoms with E-state index in [9.17, 15) is 29.3 Å². The van der Waals surface area contributed by atoms with Crippen molar-refractivity contribution in [3.8, 4) is 0 Å². The number of furan rings is 1. The Morgan fingerprint density at radius 2 is 1.89 bits per heavy atom. The minimum absolute atomic E-state index is 0.0855. The number of ether oxygens (including phenoxy) is 1. The van der Waals surface area contributed by atoms with Gasteiger partial charge in [-0.25, -0.2) is 0 Å². The maximum Gasteiger partial charge on any atom is 0.308 e. The fraction of sp³-hybridized carbons (Fsp3) is 0.250. The van der Waals surface area contributed by atoms with E-state index < -0.39 is 40.8 Å². The van der Waals surface area contributed by atoms with E-state index >= 15 is 0 Å². The zero-order valence-corrected chi connectivity index (χ0v) is 19.0. The number of benzene rings is 1. The van der Waals surface area contributed by atoms with E-state index in [1.807, 2.05) is 17.6 Å². The summed E-state index contributed by atoms with van der Waals surface area (Å²) in [7, 11) is 0. The van der Waals surface area contributed by atoms with Crippen LogP contribution in [0, 0.1) is 24.0 Å². The van der Waals surface area contributed by atoms with Crippen LogP contribution >= 0.6 is 0 Å². The summed E-state index contributed by atoms with van der Waals surface area (Å²) in [5, 5.41) is 11.2. The van der Waals surface area contributed by atoms with Gasteiger partial charge < -0.3 is 13.7 Å². The summed E-state index contributed by atoms with van der Waals surface area (Å²) in [6.45, 7) is 3.26. The van der Waals surface area contributed by atoms with Crippen LogP contribution in [0.1, 0.15) is 54.6 Å². The smallest absolute Gasteiger partial charge is 0.308 e. The van der Waals surface area contributed by atoms with Crippen molar-refractivity contribution in [2.24, 2.45) is 0 Å². The fourth-order valence-corrected chi connectivity index (χ4v) is 4.06. The number of nitrogens with zero attached hydrogens (tertiary/aromatic N) is 3. The first-order valence-corrected chi connectivity index (χ1v) is 10.7. The van der Waals surface area contributed by atoms with Gasteiger partial charge in [0.05, 0.1) is 29.7 Å². The van der Waals surface area contributed by atoms with Gasteiger partial charge in [0.2, 0.25) is 5.78 Å². The van der Waals surface area contributed by atoms with Crippen LogP contribution in [0.15, 0.2) is 47.1 Å². The van der Waals surface area contributed by atoms with Crippen molar-refractivity contribution in [3.63, 3.8) is 0 Å². The van der Waals surface area contributed by atoms with Crippen molar-refractivity contribution in [1.82, 2.24) is 9.47 Å². The molecule has 4 rings (SSSR count). The summed E-state index contributed by atoms with van der Waals surface area (Å²) in [4.78, 5) is 61.2. The number of ketones is 1. The van der Waals surface area contributed by atoms with E-state index in [-0.39, 0.29) is 24.1 Å². The number of hydrogen-bond donors (Lipinski definition) is 0. The molecule has 180 valence electrons. The number of nitro groups is 1. The lowest BCUT2D eigenvalue weighted by Crippen LogP contribution is -2.32. The van der Waals surface area contributed by atoms with Crippen LogP contribution in [-0.2, 0) is 16.1 Å². The Balaban J connectivity index is 1.34. The standard InChI is InChI=1S/C24H21N3O8/c1-14-11-18(15(2)26(14)12-16-5-4-10-34-16)20(28)13-35-21(29)8-9-25-23(30)17-6-3-7-19(27(32)33)22(17)24(25)31/h3-7,10-11H,8-9,12-13H2,1-2H3. The first-order valence-electron chi connectivity index (χ1n) is 10.7. The van der Waals surface area contributed by atoms with Crippen molar-refractivity contribution in [2.75, 3.05) is 13.2 Å². The minimum atomic E-state index is -0.842. The number of carbonyl (C=O) groups excluding carboxylic acids is 4. The molecule has 35 heavy (non-hydrogen) atoms. The van der Waals surface area contributed by atoms with Gasteiger partial charge in [0.1, 0.15) is 11.3 Å². The lowest BCUT2D eigenvalue weighted by atomic mass is 10.1. The van der Waals surface area contributed by atoms with Gasteiger partial charge in [-0.1, -0.05) is 6.07 Å². The molecule has 11 heteroatoms. The molecule has 11 nitrogen and oxygen atoms in total. The summed E-state index contributed by atoms with van der Waals surface area (Å²) < 4.78 is 12.3. The molecule has 2 amide bonds. The van der Waals surface area contributed by atoms with Crippen LogP contribution in [0.5, 0.6) is 0 Å². The number of hydrogen-bond acceptors (Lipinski definition) is 8. The predicted molar refractivity (Wildman–Crippen MR) is 120 cm³/mol. The number of amides is 2. The largest absolute Gasteiger partial charge is 0.467 e. The summed E-state index contributed by atoms with van der Waals surface area (Å²) in [5.41, 5.74) is 1.10. The van der Waals surface area contributed by atoms with Crippen LogP contribution in [0.2, 0.25) is 0 Å². The summed E-state index contributed by atoms with van der Waals surface area (Å²) in [6.07, 6.45) is 1.21. The number of carbonyl (C=O) groups is 4. The number of imide groups is 1. The second-order valence-corrected chi connectivity index (χ2v) is 8.00. The first-order chi connectivity index (χ1) is 16.7. The predicted octanol–water partition coefficient (Wildman–Crippen LogP) is 3.07. The van der Waals surface area contributed by atoms with Gasteiger partial charge in [0.25, 0.3) is 17.5 Å². The Labute approximate surface area is 199 Å². The molecule has 1 aliphatic rings. The number of aryl methyl sites for hydroxylation is 1. The number of rotatable bonds is 9. The van der Waals surface area contributed by atoms with Gasteiger partial charge in [-0.3, -0.25) is 34.2 Å². The second kappa shape index (κ2) is 9.37. The highest BCUT2D eigenvalue weighted by Crippen LogP contribution is 2.30. The zero-order valence-electron chi connectivity index (χ0n) is 19.0. The van der Waals surface area contributed by atoms with Gasteiger partial charge in [-0.2, -0.15) is 0 Å². The molecule has 1 aliphatic heterocycles. The highest BCUT2D eigenvalue weighted by Gasteiger charge is 2.40. The molecule has 0 atom stereocenters. The Morgan fingerprint density at radius 3 is 2.57 bits per heavy atom. The molecule has 0 fully saturated rings. The van der Waals surface area contributed by atoms with E-state index in [0.717, 1.165) is 22.4 Å². The lowest BCUT2D eigenvalue weighted by Gasteiger charge is -2.13. The summed E-state index contributed by atoms with van der Waals surface area (Å²) in [5.74, 6) is -2.01. The molecule has 3 heterocycles. The fourth-order valence-electron chi connectivity index (χ4n) is 4.06. The molecule has 0 aliphatic carbocycles. The minimum Gasteiger partial charge on any atom is -0.467 e. The summed E-state index contributed by atoms with van der Waals surface area (Å²) in [6, 6.07) is 9.09. The number of aromatic nitrogens is 1. The van der Waals surface area contributed by atoms with Crippen LogP contribution in [0.25, 0.3) is 0 Å². The third-order valence-electron chi connectivity index (χ3n) is 5.85. The van der Waals surface area contributed by atoms with E-state index in [0.29, 0.717) is 17.8 Å². The SMILES string of the molecule is Cc1cc(C(=O)COC(=O)CCN2C(=O)c3cccc([N+](=O)[O-])c3C2=O)c(C)n1Cc1ccco1. The average Bonchev–Trinajstić information content (AvgIpc) is 3.51. The third-order valence-corrected chi connectivity index (χ3v) is 5.85. The lowest BCUT2D eigenvalue weighted by molar-refractivity contribution is -0.385. The molecule has 2 aromatic heterocycles. The quantitative estimate of drug-likeness (QED) is 0.150. The molecular formula is C24H21N3O8. The molecule has 0 spiro atoms. The molecular weight excluding hydrogens is 458 g/mol. The van der Waals surface area contributed by atoms with E-state index in [1.54, 1.807) is 25.3 Å². The maximum absolute atomic E-state index is 12.7. The Kier molecular flexibility index (Phi) is 6.32. The topological polar surface area (TPSA) is 142 Å². The van der Waals surface area contributed by atoms with Gasteiger partial charge in [0.15, 0.2) is 6.61 Å². The zero-order chi connectivity index (χ0) is 25.3. The van der Waals surface area contributed by atoms with Crippen molar-refractivity contribution in [2.45, 2.75) is 26.8 Å². The number of fused-ring (bicyclic) bond motifs is 1. The summed E-state index contributed by atoms with van der Waals surface area (Å²) >= 11 is 0. The van der Waals surface area contributed by atoms with E-state index in [2.05, 4.69) is 0 Å². The van der Waals surface area contributed by atoms with Crippen LogP contribution < -0.4 is 0 Å². The highest BCUT2D eigenvalue weighted by molar-refractivity contribution is 6.23. The molecule has 1 aromatic carbocycles. The maximum atomic E-state index is 12.7. The second-order valence-electron chi connectivity index (χ2n) is 8.00. The Bertz CT molecular complexity index is 1350. The molecule has 0 saturated carbocycles. The molecule has 0 radical (unpaired) electrons. The van der Waals surface area contributed by atoms with Crippen molar-refractivity contribution >= 4 is 29.3 Å². The normalized spacial score (nSPS) is 12.7. The highest BCUT2D eigenvalue weighted by atomic mass is 16.6. The molecule has 0 N–H and O–H groups in total. The number of nitro benzene ring substituents is 1. The number of esters is 1. The first kappa shape index (κ1) is 23.6. The van der Waals surface area contributed by atoms with Crippen molar-refractivity contribution < 1.29 is 33.3 Å². The van der Waals surface area contributed by atoms with Gasteiger partial charge >= 0.3 is 5.97 Å². The van der Waals surface area contributed by atoms with Gasteiger partial charge in [-0.15, -0.1) is 0 Å². The van der Waals surface area contributed by atoms with Crippen LogP contribution in [-0.4, -0.2) is 51.1 Å². The van der Waals surface area contributed by atoms with Crippen molar-refractivity contribution in [3.05, 3.63) is 86.6 Å². The Hall–Kier alpha value is -4.54. The average molecular weight is 479 g/mol. The Morgan fingerprint density at radius 1 is 1.11 bits per heavy atom. The van der Waals surface area contributed by atoms with E-state index in [1.165, 1.54) is 12.1 Å². The monoisotopic (exact) mass is 479 g/mol. The van der Waals surface area contributed by atoms with Crippen molar-refractivity contribution in [1.29, 1.82) is 0 Å². The third kappa shape index (κ3) is 4.47. The molecule has 3 aromatic rings. The van der Waals surface area contributed by atoms with Gasteiger partial charge in [-0.05, 0) is 38.1 Å². The van der Waals surface area contributed by atoms with E-state index in [4.69, 9.17) is 9.15 Å². The molecule has 0 saturated heterocycles. The van der Waals surface area contributed by atoms with Gasteiger partial charge in [0, 0.05) is 29.6 Å². The number of Topliss-reactive ketones (excluding diaryl/α,β-unsaturated/α-hetero) is 1. The van der Waals surface area contributed by atoms with Crippen LogP contribution in [0.3, 0.4) is 0 Å². The molecule has 0 unspecified atom stereocenters.